The van der Waals surface area contributed by atoms with Crippen LogP contribution < -0.4 is 5.32 Å². The Morgan fingerprint density at radius 3 is 2.22 bits per heavy atom. The summed E-state index contributed by atoms with van der Waals surface area (Å²) in [6.07, 6.45) is 6.64. The van der Waals surface area contributed by atoms with Gasteiger partial charge in [-0.05, 0) is 81.1 Å². The monoisotopic (exact) mass is 394 g/mol. The van der Waals surface area contributed by atoms with Crippen molar-refractivity contribution in [3.05, 3.63) is 35.4 Å². The van der Waals surface area contributed by atoms with E-state index in [1.165, 1.54) is 24.8 Å². The van der Waals surface area contributed by atoms with Gasteiger partial charge in [-0.1, -0.05) is 12.1 Å². The normalized spacial score (nSPS) is 18.7. The van der Waals surface area contributed by atoms with Gasteiger partial charge in [0.2, 0.25) is 0 Å². The molecule has 2 saturated heterocycles. The van der Waals surface area contributed by atoms with Crippen LogP contribution in [0, 0.1) is 11.8 Å². The van der Waals surface area contributed by atoms with Crippen LogP contribution in [0.15, 0.2) is 24.3 Å². The minimum absolute atomic E-state index is 0. The van der Waals surface area contributed by atoms with E-state index in [2.05, 4.69) is 17.4 Å². The second-order valence-corrected chi connectivity index (χ2v) is 7.76. The van der Waals surface area contributed by atoms with Gasteiger partial charge in [0.25, 0.3) is 5.91 Å². The van der Waals surface area contributed by atoms with Gasteiger partial charge in [0.15, 0.2) is 0 Å². The van der Waals surface area contributed by atoms with E-state index in [-0.39, 0.29) is 30.7 Å². The van der Waals surface area contributed by atoms with Crippen LogP contribution in [0.5, 0.6) is 0 Å². The molecule has 3 rings (SSSR count). The van der Waals surface area contributed by atoms with Crippen LogP contribution in [0.4, 0.5) is 0 Å². The summed E-state index contributed by atoms with van der Waals surface area (Å²) in [5, 5.41) is 12.3. The number of aryl methyl sites for hydroxylation is 1. The lowest BCUT2D eigenvalue weighted by Crippen LogP contribution is -2.38. The molecule has 1 aromatic rings. The number of nitrogens with zero attached hydrogens (tertiary/aromatic N) is 1. The lowest BCUT2D eigenvalue weighted by Gasteiger charge is -2.31. The smallest absolute Gasteiger partial charge is 0.303 e. The largest absolute Gasteiger partial charge is 0.481 e. The number of likely N-dealkylation sites (tertiary alicyclic amines) is 1. The van der Waals surface area contributed by atoms with Gasteiger partial charge in [-0.25, -0.2) is 0 Å². The highest BCUT2D eigenvalue weighted by atomic mass is 35.5. The maximum absolute atomic E-state index is 12.6. The number of nitrogens with one attached hydrogen (secondary N) is 1. The Morgan fingerprint density at radius 2 is 1.63 bits per heavy atom. The highest BCUT2D eigenvalue weighted by Gasteiger charge is 2.25. The Bertz CT molecular complexity index is 606. The van der Waals surface area contributed by atoms with E-state index in [0.717, 1.165) is 43.8 Å². The van der Waals surface area contributed by atoms with Crippen molar-refractivity contribution in [2.45, 2.75) is 44.9 Å². The van der Waals surface area contributed by atoms with Crippen LogP contribution in [0.25, 0.3) is 0 Å². The third-order valence-corrected chi connectivity index (χ3v) is 5.87. The van der Waals surface area contributed by atoms with Gasteiger partial charge in [-0.2, -0.15) is 0 Å². The Morgan fingerprint density at radius 1 is 1.00 bits per heavy atom. The van der Waals surface area contributed by atoms with Gasteiger partial charge in [-0.15, -0.1) is 12.4 Å². The van der Waals surface area contributed by atoms with Crippen molar-refractivity contribution in [1.82, 2.24) is 10.2 Å². The van der Waals surface area contributed by atoms with Crippen LogP contribution in [0.3, 0.4) is 0 Å². The van der Waals surface area contributed by atoms with Crippen molar-refractivity contribution in [1.29, 1.82) is 0 Å². The van der Waals surface area contributed by atoms with Crippen molar-refractivity contribution >= 4 is 24.3 Å². The molecule has 6 heteroatoms. The van der Waals surface area contributed by atoms with Gasteiger partial charge in [0.05, 0.1) is 0 Å². The van der Waals surface area contributed by atoms with Gasteiger partial charge in [0, 0.05) is 25.1 Å². The molecule has 2 N–H and O–H groups in total. The zero-order valence-corrected chi connectivity index (χ0v) is 16.7. The van der Waals surface area contributed by atoms with Crippen LogP contribution in [0.2, 0.25) is 0 Å². The second kappa shape index (κ2) is 10.7. The van der Waals surface area contributed by atoms with Crippen molar-refractivity contribution in [2.24, 2.45) is 11.8 Å². The fourth-order valence-electron chi connectivity index (χ4n) is 4.12. The number of carboxylic acid groups (broad SMARTS) is 1. The zero-order valence-electron chi connectivity index (χ0n) is 15.9. The first-order chi connectivity index (χ1) is 12.6. The third-order valence-electron chi connectivity index (χ3n) is 5.87. The Hall–Kier alpha value is -1.59. The number of benzene rings is 1. The molecular formula is C21H31ClN2O3. The highest BCUT2D eigenvalue weighted by Crippen LogP contribution is 2.23. The first-order valence-electron chi connectivity index (χ1n) is 9.92. The molecule has 0 unspecified atom stereocenters. The summed E-state index contributed by atoms with van der Waals surface area (Å²) in [4.78, 5) is 25.3. The maximum Gasteiger partial charge on any atom is 0.303 e. The summed E-state index contributed by atoms with van der Waals surface area (Å²) in [7, 11) is 0. The van der Waals surface area contributed by atoms with Crippen molar-refractivity contribution in [3.8, 4) is 0 Å². The second-order valence-electron chi connectivity index (χ2n) is 7.76. The molecule has 0 bridgehead atoms. The average Bonchev–Trinajstić information content (AvgIpc) is 2.67. The summed E-state index contributed by atoms with van der Waals surface area (Å²) in [5.74, 6) is 0.358. The van der Waals surface area contributed by atoms with Crippen LogP contribution in [0.1, 0.15) is 54.4 Å². The lowest BCUT2D eigenvalue weighted by atomic mass is 9.91. The third kappa shape index (κ3) is 6.51. The van der Waals surface area contributed by atoms with E-state index in [4.69, 9.17) is 5.11 Å². The van der Waals surface area contributed by atoms with Gasteiger partial charge >= 0.3 is 5.97 Å². The molecule has 0 saturated carbocycles. The number of aliphatic carboxylic acids is 1. The van der Waals surface area contributed by atoms with Gasteiger partial charge in [0.1, 0.15) is 0 Å². The summed E-state index contributed by atoms with van der Waals surface area (Å²) in [6.45, 7) is 3.60. The molecule has 27 heavy (non-hydrogen) atoms. The fraction of sp³-hybridized carbons (Fsp3) is 0.619. The van der Waals surface area contributed by atoms with Crippen LogP contribution in [-0.4, -0.2) is 48.1 Å². The number of carbonyl (C=O) groups excluding carboxylic acids is 1. The number of hydrogen-bond acceptors (Lipinski definition) is 3. The SMILES string of the molecule is Cl.O=C(O)CC1CCN(C(=O)c2ccc(CCC3CCNCC3)cc2)CC1. The molecule has 150 valence electrons. The standard InChI is InChI=1S/C21H30N2O3.ClH/c24-20(25)15-18-9-13-23(14-10-18)21(26)19-5-3-16(4-6-19)1-2-17-7-11-22-12-8-17;/h3-6,17-18,22H,1-2,7-15H2,(H,24,25);1H. The summed E-state index contributed by atoms with van der Waals surface area (Å²) in [6, 6.07) is 8.07. The molecule has 0 atom stereocenters. The number of halogens is 1. The summed E-state index contributed by atoms with van der Waals surface area (Å²) >= 11 is 0. The Labute approximate surface area is 167 Å². The van der Waals surface area contributed by atoms with Crippen LogP contribution in [-0.2, 0) is 11.2 Å². The average molecular weight is 395 g/mol. The van der Waals surface area contributed by atoms with Gasteiger partial charge in [-0.3, -0.25) is 9.59 Å². The molecule has 5 nitrogen and oxygen atoms in total. The minimum Gasteiger partial charge on any atom is -0.481 e. The Balaban J connectivity index is 0.00000261. The molecule has 1 amide bonds. The molecule has 2 fully saturated rings. The van der Waals surface area contributed by atoms with Crippen molar-refractivity contribution < 1.29 is 14.7 Å². The molecule has 0 spiro atoms. The van der Waals surface area contributed by atoms with Crippen LogP contribution >= 0.6 is 12.4 Å². The highest BCUT2D eigenvalue weighted by molar-refractivity contribution is 5.94. The van der Waals surface area contributed by atoms with Crippen molar-refractivity contribution in [3.63, 3.8) is 0 Å². The Kier molecular flexibility index (Phi) is 8.58. The molecule has 2 heterocycles. The number of amides is 1. The van der Waals surface area contributed by atoms with Gasteiger partial charge < -0.3 is 15.3 Å². The predicted octanol–water partition coefficient (Wildman–Crippen LogP) is 3.37. The molecule has 2 aliphatic heterocycles. The van der Waals surface area contributed by atoms with Crippen molar-refractivity contribution in [2.75, 3.05) is 26.2 Å². The van der Waals surface area contributed by atoms with E-state index in [1.807, 2.05) is 17.0 Å². The lowest BCUT2D eigenvalue weighted by molar-refractivity contribution is -0.138. The molecule has 0 aliphatic carbocycles. The number of carboxylic acids is 1. The topological polar surface area (TPSA) is 69.6 Å². The number of carbonyl (C=O) groups is 2. The van der Waals surface area contributed by atoms with E-state index >= 15 is 0 Å². The predicted molar refractivity (Wildman–Crippen MR) is 108 cm³/mol. The fourth-order valence-corrected chi connectivity index (χ4v) is 4.12. The van der Waals surface area contributed by atoms with E-state index in [1.54, 1.807) is 0 Å². The molecule has 1 aromatic carbocycles. The molecular weight excluding hydrogens is 364 g/mol. The quantitative estimate of drug-likeness (QED) is 0.776. The number of piperidine rings is 2. The summed E-state index contributed by atoms with van der Waals surface area (Å²) in [5.41, 5.74) is 2.05. The zero-order chi connectivity index (χ0) is 18.4. The first kappa shape index (κ1) is 21.7. The minimum atomic E-state index is -0.741. The number of hydrogen-bond donors (Lipinski definition) is 2. The van der Waals surface area contributed by atoms with E-state index < -0.39 is 5.97 Å². The summed E-state index contributed by atoms with van der Waals surface area (Å²) < 4.78 is 0. The van der Waals surface area contributed by atoms with E-state index in [0.29, 0.717) is 13.1 Å². The van der Waals surface area contributed by atoms with E-state index in [9.17, 15) is 9.59 Å². The number of rotatable bonds is 6. The maximum atomic E-state index is 12.6. The molecule has 0 aromatic heterocycles. The molecule has 0 radical (unpaired) electrons. The molecule has 2 aliphatic rings. The first-order valence-corrected chi connectivity index (χ1v) is 9.92.